The molecule has 3 aromatic carbocycles. The van der Waals surface area contributed by atoms with Crippen molar-refractivity contribution in [3.8, 4) is 23.0 Å². The predicted molar refractivity (Wildman–Crippen MR) is 206 cm³/mol. The first-order valence-electron chi connectivity index (χ1n) is 18.1. The number of hydrogen-bond donors (Lipinski definition) is 4. The molecule has 17 heteroatoms. The third-order valence-corrected chi connectivity index (χ3v) is 10.9. The van der Waals surface area contributed by atoms with Gasteiger partial charge in [0.05, 0.1) is 27.0 Å². The van der Waals surface area contributed by atoms with Crippen molar-refractivity contribution < 1.29 is 41.8 Å². The smallest absolute Gasteiger partial charge is 0.251 e. The van der Waals surface area contributed by atoms with Gasteiger partial charge in [0.25, 0.3) is 5.91 Å². The molecule has 0 radical (unpaired) electrons. The van der Waals surface area contributed by atoms with E-state index < -0.39 is 46.4 Å². The summed E-state index contributed by atoms with van der Waals surface area (Å²) >= 11 is 0. The van der Waals surface area contributed by atoms with E-state index >= 15 is 0 Å². The lowest BCUT2D eigenvalue weighted by Crippen LogP contribution is -2.54. The van der Waals surface area contributed by atoms with Gasteiger partial charge in [0.2, 0.25) is 27.7 Å². The van der Waals surface area contributed by atoms with E-state index in [9.17, 15) is 27.6 Å². The van der Waals surface area contributed by atoms with Crippen LogP contribution in [0.3, 0.4) is 0 Å². The minimum atomic E-state index is -4.19. The number of aryl methyl sites for hydroxylation is 2. The molecular weight excluding hydrogens is 743 g/mol. The zero-order valence-corrected chi connectivity index (χ0v) is 32.6. The number of carbonyl (C=O) groups excluding carboxylic acids is 4. The Morgan fingerprint density at radius 3 is 2.38 bits per heavy atom. The average Bonchev–Trinajstić information content (AvgIpc) is 3.65. The number of sulfonamides is 1. The summed E-state index contributed by atoms with van der Waals surface area (Å²) in [7, 11) is 0.341. The van der Waals surface area contributed by atoms with Crippen molar-refractivity contribution in [2.75, 3.05) is 33.9 Å². The first kappa shape index (κ1) is 41.2. The van der Waals surface area contributed by atoms with Gasteiger partial charge in [-0.25, -0.2) is 8.42 Å². The first-order chi connectivity index (χ1) is 26.9. The molecule has 4 bridgehead atoms. The molecule has 4 aromatic rings. The Balaban J connectivity index is 1.42. The molecule has 0 saturated heterocycles. The fourth-order valence-corrected chi connectivity index (χ4v) is 7.40. The number of methoxy groups -OCH3 is 2. The van der Waals surface area contributed by atoms with Gasteiger partial charge in [0, 0.05) is 50.1 Å². The van der Waals surface area contributed by atoms with Crippen molar-refractivity contribution in [3.05, 3.63) is 95.8 Å². The second kappa shape index (κ2) is 19.1. The fraction of sp³-hybridized carbons (Fsp3) is 0.359. The second-order valence-corrected chi connectivity index (χ2v) is 15.1. The highest BCUT2D eigenvalue weighted by Gasteiger charge is 2.30. The zero-order valence-electron chi connectivity index (χ0n) is 31.7. The van der Waals surface area contributed by atoms with Crippen LogP contribution >= 0.6 is 0 Å². The van der Waals surface area contributed by atoms with Crippen LogP contribution in [-0.4, -0.2) is 92.1 Å². The number of rotatable bonds is 7. The number of amides is 4. The van der Waals surface area contributed by atoms with E-state index in [0.717, 1.165) is 9.87 Å². The second-order valence-electron chi connectivity index (χ2n) is 13.2. The average molecular weight is 790 g/mol. The molecule has 16 nitrogen and oxygen atoms in total. The predicted octanol–water partition coefficient (Wildman–Crippen LogP) is 2.68. The van der Waals surface area contributed by atoms with Crippen molar-refractivity contribution in [2.45, 2.75) is 56.1 Å². The largest absolute Gasteiger partial charge is 0.496 e. The molecule has 2 aliphatic heterocycles. The highest BCUT2D eigenvalue weighted by atomic mass is 32.2. The molecule has 0 unspecified atom stereocenters. The van der Waals surface area contributed by atoms with Crippen LogP contribution in [0.25, 0.3) is 0 Å². The lowest BCUT2D eigenvalue weighted by molar-refractivity contribution is -0.132. The van der Waals surface area contributed by atoms with Gasteiger partial charge in [-0.1, -0.05) is 30.3 Å². The first-order valence-corrected chi connectivity index (χ1v) is 19.5. The van der Waals surface area contributed by atoms with E-state index in [-0.39, 0.29) is 49.0 Å². The van der Waals surface area contributed by atoms with E-state index in [0.29, 0.717) is 41.2 Å². The lowest BCUT2D eigenvalue weighted by Gasteiger charge is -2.24. The Morgan fingerprint density at radius 2 is 1.66 bits per heavy atom. The van der Waals surface area contributed by atoms with E-state index in [1.165, 1.54) is 38.2 Å². The fourth-order valence-electron chi connectivity index (χ4n) is 5.98. The molecule has 4 N–H and O–H groups in total. The van der Waals surface area contributed by atoms with E-state index in [2.05, 4.69) is 26.4 Å². The summed E-state index contributed by atoms with van der Waals surface area (Å²) in [5, 5.41) is 15.0. The van der Waals surface area contributed by atoms with Crippen molar-refractivity contribution in [1.82, 2.24) is 35.4 Å². The molecule has 4 amide bonds. The van der Waals surface area contributed by atoms with Crippen LogP contribution in [0, 0.1) is 0 Å². The van der Waals surface area contributed by atoms with Crippen LogP contribution in [0.4, 0.5) is 0 Å². The minimum Gasteiger partial charge on any atom is -0.496 e. The Morgan fingerprint density at radius 1 is 0.893 bits per heavy atom. The number of nitrogens with one attached hydrogen (secondary N) is 4. The molecule has 0 spiro atoms. The molecule has 1 aromatic heterocycles. The van der Waals surface area contributed by atoms with Crippen LogP contribution in [0.5, 0.6) is 23.0 Å². The normalized spacial score (nSPS) is 18.3. The standard InChI is InChI=1S/C39H47N7O9S/c1-26-37(48)41-22-29-13-15-30(21-34(29)54-4)55-35-20-28(14-17-33(35)53-3)38(49)40-18-8-9-19-46(56(51,52)31-23-42-45(2)24-31)25-36(47)44-32(39(50)43-26)16-12-27-10-6-5-7-11-27/h5-7,10-11,13-15,17,20-21,23-24,26,32H,8-9,12,16,18-19,22,25H2,1-4H3,(H,40,49)(H,41,48)(H,43,50)(H,44,47)/t26-,32-/m0/s1. The van der Waals surface area contributed by atoms with Gasteiger partial charge in [-0.15, -0.1) is 0 Å². The summed E-state index contributed by atoms with van der Waals surface area (Å²) in [5.74, 6) is -0.753. The maximum Gasteiger partial charge on any atom is 0.251 e. The molecule has 0 aliphatic carbocycles. The molecular formula is C39H47N7O9S. The van der Waals surface area contributed by atoms with Gasteiger partial charge in [-0.05, 0) is 68.5 Å². The summed E-state index contributed by atoms with van der Waals surface area (Å²) in [4.78, 5) is 53.6. The lowest BCUT2D eigenvalue weighted by atomic mass is 10.0. The van der Waals surface area contributed by atoms with Crippen molar-refractivity contribution in [2.24, 2.45) is 7.05 Å². The summed E-state index contributed by atoms with van der Waals surface area (Å²) in [6.45, 7) is 1.12. The quantitative estimate of drug-likeness (QED) is 0.202. The van der Waals surface area contributed by atoms with Crippen molar-refractivity contribution in [3.63, 3.8) is 0 Å². The monoisotopic (exact) mass is 789 g/mol. The molecule has 6 rings (SSSR count). The Labute approximate surface area is 325 Å². The van der Waals surface area contributed by atoms with E-state index in [4.69, 9.17) is 14.2 Å². The van der Waals surface area contributed by atoms with Gasteiger partial charge in [-0.2, -0.15) is 9.40 Å². The summed E-state index contributed by atoms with van der Waals surface area (Å²) in [5.41, 5.74) is 1.84. The Kier molecular flexibility index (Phi) is 14.0. The SMILES string of the molecule is COc1cc2ccc1CNC(=O)[C@H](C)NC(=O)[C@H](CCc1ccccc1)NC(=O)CN(S(=O)(=O)c1cnn(C)c1)CCCCNC(=O)c1ccc(OC)c(c1)O2. The highest BCUT2D eigenvalue weighted by Crippen LogP contribution is 2.35. The zero-order chi connectivity index (χ0) is 40.2. The minimum absolute atomic E-state index is 0.0525. The Bertz CT molecular complexity index is 2130. The van der Waals surface area contributed by atoms with Crippen LogP contribution in [0.1, 0.15) is 47.7 Å². The van der Waals surface area contributed by atoms with Crippen LogP contribution in [-0.2, 0) is 44.4 Å². The molecule has 298 valence electrons. The number of hydrogen-bond acceptors (Lipinski definition) is 10. The van der Waals surface area contributed by atoms with Gasteiger partial charge < -0.3 is 35.5 Å². The summed E-state index contributed by atoms with van der Waals surface area (Å²) in [6, 6.07) is 17.0. The van der Waals surface area contributed by atoms with E-state index in [1.54, 1.807) is 43.4 Å². The van der Waals surface area contributed by atoms with Gasteiger partial charge in [-0.3, -0.25) is 23.9 Å². The van der Waals surface area contributed by atoms with Crippen molar-refractivity contribution >= 4 is 33.7 Å². The topological polar surface area (TPSA) is 199 Å². The summed E-state index contributed by atoms with van der Waals surface area (Å²) < 4.78 is 47.0. The van der Waals surface area contributed by atoms with Gasteiger partial charge in [0.1, 0.15) is 28.5 Å². The number of nitrogens with zero attached hydrogens (tertiary/aromatic N) is 3. The maximum absolute atomic E-state index is 13.8. The molecule has 2 aliphatic rings. The van der Waals surface area contributed by atoms with E-state index in [1.807, 2.05) is 30.3 Å². The van der Waals surface area contributed by atoms with Crippen LogP contribution in [0.15, 0.2) is 84.0 Å². The maximum atomic E-state index is 13.8. The number of ether oxygens (including phenoxy) is 3. The molecule has 0 fully saturated rings. The van der Waals surface area contributed by atoms with Crippen molar-refractivity contribution in [1.29, 1.82) is 0 Å². The number of carbonyl (C=O) groups is 4. The highest BCUT2D eigenvalue weighted by molar-refractivity contribution is 7.89. The van der Waals surface area contributed by atoms with Crippen LogP contribution < -0.4 is 35.5 Å². The Hall–Kier alpha value is -5.94. The third-order valence-electron chi connectivity index (χ3n) is 9.09. The molecule has 2 atom stereocenters. The molecule has 0 saturated carbocycles. The number of aromatic nitrogens is 2. The van der Waals surface area contributed by atoms with Crippen LogP contribution in [0.2, 0.25) is 0 Å². The number of benzene rings is 3. The molecule has 56 heavy (non-hydrogen) atoms. The third kappa shape index (κ3) is 10.8. The van der Waals surface area contributed by atoms with Gasteiger partial charge in [0.15, 0.2) is 11.5 Å². The van der Waals surface area contributed by atoms with Gasteiger partial charge >= 0.3 is 0 Å². The summed E-state index contributed by atoms with van der Waals surface area (Å²) in [6.07, 6.45) is 3.78. The molecule has 3 heterocycles. The number of fused-ring (bicyclic) bond motifs is 18.